The highest BCUT2D eigenvalue weighted by molar-refractivity contribution is 5.94. The standard InChI is InChI=1S/C19H35N7O7/c1-4-9(2)14(17(31)25-12(18(32)33)8-13(27)28)26-16(30)11(24-15(29)10(3)20)6-5-7-23-19(21)22/h9-12,14H,4-8,20H2,1-3H3,(H,24,29)(H,25,31)(H,26,30)(H,27,28)(H,32,33)(H4,21,22,23). The highest BCUT2D eigenvalue weighted by Gasteiger charge is 2.33. The molecule has 0 aliphatic rings. The first-order valence-corrected chi connectivity index (χ1v) is 10.5. The van der Waals surface area contributed by atoms with E-state index in [0.29, 0.717) is 12.8 Å². The lowest BCUT2D eigenvalue weighted by atomic mass is 9.97. The molecule has 14 nitrogen and oxygen atoms in total. The molecule has 0 heterocycles. The number of aliphatic imine (C=N–C) groups is 1. The Morgan fingerprint density at radius 3 is 1.94 bits per heavy atom. The summed E-state index contributed by atoms with van der Waals surface area (Å²) in [6.45, 7) is 5.05. The minimum absolute atomic E-state index is 0.126. The van der Waals surface area contributed by atoms with Gasteiger partial charge in [-0.25, -0.2) is 4.79 Å². The quantitative estimate of drug-likeness (QED) is 0.0701. The van der Waals surface area contributed by atoms with Crippen LogP contribution in [0.5, 0.6) is 0 Å². The van der Waals surface area contributed by atoms with Gasteiger partial charge < -0.3 is 43.4 Å². The summed E-state index contributed by atoms with van der Waals surface area (Å²) in [5.74, 6) is -5.64. The van der Waals surface area contributed by atoms with Crippen molar-refractivity contribution in [3.63, 3.8) is 0 Å². The second kappa shape index (κ2) is 14.6. The van der Waals surface area contributed by atoms with E-state index in [4.69, 9.17) is 22.3 Å². The molecule has 33 heavy (non-hydrogen) atoms. The summed E-state index contributed by atoms with van der Waals surface area (Å²) in [4.78, 5) is 63.7. The Labute approximate surface area is 191 Å². The number of carbonyl (C=O) groups excluding carboxylic acids is 3. The van der Waals surface area contributed by atoms with E-state index >= 15 is 0 Å². The predicted molar refractivity (Wildman–Crippen MR) is 119 cm³/mol. The number of nitrogens with two attached hydrogens (primary N) is 3. The SMILES string of the molecule is CCC(C)C(NC(=O)C(CCCN=C(N)N)NC(=O)C(C)N)C(=O)NC(CC(=O)O)C(=O)O. The van der Waals surface area contributed by atoms with Gasteiger partial charge in [0.15, 0.2) is 5.96 Å². The molecule has 0 spiro atoms. The topological polar surface area (TPSA) is 252 Å². The van der Waals surface area contributed by atoms with Gasteiger partial charge in [0.05, 0.1) is 12.5 Å². The molecule has 0 aromatic carbocycles. The monoisotopic (exact) mass is 473 g/mol. The molecule has 0 radical (unpaired) electrons. The molecule has 3 amide bonds. The number of amides is 3. The van der Waals surface area contributed by atoms with Gasteiger partial charge in [0.1, 0.15) is 18.1 Å². The van der Waals surface area contributed by atoms with Crippen LogP contribution in [0.15, 0.2) is 4.99 Å². The van der Waals surface area contributed by atoms with Gasteiger partial charge in [-0.2, -0.15) is 0 Å². The van der Waals surface area contributed by atoms with E-state index in [9.17, 15) is 29.1 Å². The first-order valence-electron chi connectivity index (χ1n) is 10.5. The van der Waals surface area contributed by atoms with Crippen LogP contribution in [-0.2, 0) is 24.0 Å². The van der Waals surface area contributed by atoms with Crippen LogP contribution in [0.1, 0.15) is 46.5 Å². The Kier molecular flexibility index (Phi) is 13.1. The van der Waals surface area contributed by atoms with Crippen molar-refractivity contribution in [1.29, 1.82) is 0 Å². The first-order chi connectivity index (χ1) is 15.3. The zero-order valence-corrected chi connectivity index (χ0v) is 19.0. The molecular formula is C19H35N7O7. The molecule has 0 aliphatic heterocycles. The van der Waals surface area contributed by atoms with Crippen molar-refractivity contribution < 1.29 is 34.2 Å². The molecule has 0 aromatic rings. The zero-order chi connectivity index (χ0) is 25.7. The van der Waals surface area contributed by atoms with Gasteiger partial charge in [-0.05, 0) is 25.7 Å². The molecule has 0 aliphatic carbocycles. The van der Waals surface area contributed by atoms with E-state index < -0.39 is 66.2 Å². The summed E-state index contributed by atoms with van der Waals surface area (Å²) in [7, 11) is 0. The van der Waals surface area contributed by atoms with E-state index in [2.05, 4.69) is 20.9 Å². The van der Waals surface area contributed by atoms with E-state index in [-0.39, 0.29) is 18.9 Å². The Hall–Kier alpha value is -3.42. The summed E-state index contributed by atoms with van der Waals surface area (Å²) in [5, 5.41) is 25.2. The minimum atomic E-state index is -1.67. The summed E-state index contributed by atoms with van der Waals surface area (Å²) in [6, 6.07) is -4.80. The fourth-order valence-corrected chi connectivity index (χ4v) is 2.67. The Balaban J connectivity index is 5.54. The molecule has 11 N–H and O–H groups in total. The number of nitrogens with one attached hydrogen (secondary N) is 3. The Morgan fingerprint density at radius 2 is 1.48 bits per heavy atom. The van der Waals surface area contributed by atoms with Crippen LogP contribution in [0.25, 0.3) is 0 Å². The number of carbonyl (C=O) groups is 5. The van der Waals surface area contributed by atoms with Crippen molar-refractivity contribution in [3.05, 3.63) is 0 Å². The molecule has 0 fully saturated rings. The minimum Gasteiger partial charge on any atom is -0.481 e. The number of hydrogen-bond donors (Lipinski definition) is 8. The maximum atomic E-state index is 12.9. The first kappa shape index (κ1) is 29.6. The van der Waals surface area contributed by atoms with Gasteiger partial charge in [-0.1, -0.05) is 20.3 Å². The summed E-state index contributed by atoms with van der Waals surface area (Å²) in [6.07, 6.45) is 0.0677. The van der Waals surface area contributed by atoms with Gasteiger partial charge in [0.25, 0.3) is 0 Å². The molecule has 0 saturated carbocycles. The maximum Gasteiger partial charge on any atom is 0.326 e. The van der Waals surface area contributed by atoms with Gasteiger partial charge in [0.2, 0.25) is 17.7 Å². The van der Waals surface area contributed by atoms with Crippen molar-refractivity contribution in [2.24, 2.45) is 28.1 Å². The molecule has 0 aromatic heterocycles. The number of nitrogens with zero attached hydrogens (tertiary/aromatic N) is 1. The van der Waals surface area contributed by atoms with Gasteiger partial charge in [-0.15, -0.1) is 0 Å². The van der Waals surface area contributed by atoms with Gasteiger partial charge >= 0.3 is 11.9 Å². The highest BCUT2D eigenvalue weighted by Crippen LogP contribution is 2.10. The molecule has 5 unspecified atom stereocenters. The Morgan fingerprint density at radius 1 is 0.909 bits per heavy atom. The second-order valence-electron chi connectivity index (χ2n) is 7.67. The third-order valence-corrected chi connectivity index (χ3v) is 4.78. The molecule has 0 bridgehead atoms. The summed E-state index contributed by atoms with van der Waals surface area (Å²) < 4.78 is 0. The van der Waals surface area contributed by atoms with Crippen molar-refractivity contribution in [1.82, 2.24) is 16.0 Å². The van der Waals surface area contributed by atoms with E-state index in [1.807, 2.05) is 0 Å². The van der Waals surface area contributed by atoms with E-state index in [1.54, 1.807) is 13.8 Å². The largest absolute Gasteiger partial charge is 0.481 e. The number of carboxylic acid groups (broad SMARTS) is 2. The van der Waals surface area contributed by atoms with Crippen LogP contribution in [0.4, 0.5) is 0 Å². The predicted octanol–water partition coefficient (Wildman–Crippen LogP) is -2.55. The lowest BCUT2D eigenvalue weighted by molar-refractivity contribution is -0.147. The summed E-state index contributed by atoms with van der Waals surface area (Å²) in [5.41, 5.74) is 16.1. The normalized spacial score (nSPS) is 15.2. The molecular weight excluding hydrogens is 438 g/mol. The number of aliphatic carboxylic acids is 2. The Bertz CT molecular complexity index is 738. The van der Waals surface area contributed by atoms with Crippen LogP contribution in [0.3, 0.4) is 0 Å². The number of rotatable bonds is 15. The lowest BCUT2D eigenvalue weighted by Gasteiger charge is -2.27. The average Bonchev–Trinajstić information content (AvgIpc) is 2.71. The van der Waals surface area contributed by atoms with Crippen molar-refractivity contribution in [3.8, 4) is 0 Å². The average molecular weight is 474 g/mol. The molecule has 188 valence electrons. The number of hydrogen-bond acceptors (Lipinski definition) is 7. The van der Waals surface area contributed by atoms with Crippen molar-refractivity contribution in [2.45, 2.75) is 70.6 Å². The van der Waals surface area contributed by atoms with Crippen molar-refractivity contribution >= 4 is 35.6 Å². The van der Waals surface area contributed by atoms with Crippen LogP contribution >= 0.6 is 0 Å². The number of guanidine groups is 1. The van der Waals surface area contributed by atoms with Gasteiger partial charge in [-0.3, -0.25) is 24.2 Å². The molecule has 14 heteroatoms. The second-order valence-corrected chi connectivity index (χ2v) is 7.67. The molecule has 5 atom stereocenters. The van der Waals surface area contributed by atoms with Crippen LogP contribution in [-0.4, -0.2) is 76.5 Å². The van der Waals surface area contributed by atoms with Crippen LogP contribution < -0.4 is 33.2 Å². The smallest absolute Gasteiger partial charge is 0.326 e. The van der Waals surface area contributed by atoms with Crippen LogP contribution in [0, 0.1) is 5.92 Å². The maximum absolute atomic E-state index is 12.9. The number of carboxylic acids is 2. The lowest BCUT2D eigenvalue weighted by Crippen LogP contribution is -2.58. The molecule has 0 rings (SSSR count). The van der Waals surface area contributed by atoms with E-state index in [1.165, 1.54) is 6.92 Å². The highest BCUT2D eigenvalue weighted by atomic mass is 16.4. The zero-order valence-electron chi connectivity index (χ0n) is 19.0. The van der Waals surface area contributed by atoms with Gasteiger partial charge in [0, 0.05) is 6.54 Å². The van der Waals surface area contributed by atoms with Crippen LogP contribution in [0.2, 0.25) is 0 Å². The summed E-state index contributed by atoms with van der Waals surface area (Å²) >= 11 is 0. The van der Waals surface area contributed by atoms with E-state index in [0.717, 1.165) is 0 Å². The molecule has 0 saturated heterocycles. The fraction of sp³-hybridized carbons (Fsp3) is 0.684. The fourth-order valence-electron chi connectivity index (χ4n) is 2.67. The van der Waals surface area contributed by atoms with Crippen molar-refractivity contribution in [2.75, 3.05) is 6.54 Å². The third kappa shape index (κ3) is 11.7. The third-order valence-electron chi connectivity index (χ3n) is 4.78.